The molecule has 2 spiro atoms. The van der Waals surface area contributed by atoms with Gasteiger partial charge in [0.05, 0.1) is 0 Å². The molecule has 5 aliphatic rings. The molecule has 0 amide bonds. The Morgan fingerprint density at radius 2 is 0.750 bits per heavy atom. The summed E-state index contributed by atoms with van der Waals surface area (Å²) in [6, 6.07) is 19.0. The van der Waals surface area contributed by atoms with Crippen LogP contribution in [0, 0.1) is 0 Å². The molecule has 7 rings (SSSR count). The third-order valence-corrected chi connectivity index (χ3v) is 15.0. The summed E-state index contributed by atoms with van der Waals surface area (Å²) in [7, 11) is 0. The second-order valence-electron chi connectivity index (χ2n) is 7.46. The molecule has 5 heterocycles. The Kier molecular flexibility index (Phi) is 6.75. The summed E-state index contributed by atoms with van der Waals surface area (Å²) in [4.78, 5) is 47.6. The summed E-state index contributed by atoms with van der Waals surface area (Å²) in [6.45, 7) is 0. The van der Waals surface area contributed by atoms with E-state index in [0.717, 1.165) is 11.4 Å². The maximum atomic E-state index is 11.9. The van der Waals surface area contributed by atoms with Crippen LogP contribution in [0.25, 0.3) is 0 Å². The van der Waals surface area contributed by atoms with Crippen molar-refractivity contribution in [2.45, 2.75) is 24.4 Å². The topological polar surface area (TPSA) is 194 Å². The van der Waals surface area contributed by atoms with Gasteiger partial charge in [0.15, 0.2) is 0 Å². The van der Waals surface area contributed by atoms with Crippen LogP contribution in [0.1, 0.15) is 2.85 Å². The number of benzene rings is 2. The molecule has 6 bridgehead atoms. The predicted octanol–water partition coefficient (Wildman–Crippen LogP) is -0.598. The van der Waals surface area contributed by atoms with Gasteiger partial charge in [0.25, 0.3) is 0 Å². The SMILES string of the molecule is Nc1ccccc1.Nc1ccccc1.O=C1[O][Sb-]23[O]C(=O)C([O]2)C2[O][Sb-]4([O]C(=O)C([O]4)C1[O]3)[O]C2=O.[H+].[H+]. The van der Waals surface area contributed by atoms with E-state index in [9.17, 15) is 19.2 Å². The Morgan fingerprint density at radius 3 is 0.944 bits per heavy atom. The smallest absolute Gasteiger partial charge is 1.00 e. The largest absolute Gasteiger partial charge is 1.00 e. The van der Waals surface area contributed by atoms with Crippen LogP contribution < -0.4 is 11.5 Å². The number of hydrogen-bond acceptors (Lipinski definition) is 14. The van der Waals surface area contributed by atoms with Crippen LogP contribution in [-0.2, 0) is 43.3 Å². The minimum absolute atomic E-state index is 0. The van der Waals surface area contributed by atoms with Crippen molar-refractivity contribution in [1.29, 1.82) is 0 Å². The van der Waals surface area contributed by atoms with Crippen LogP contribution in [0.2, 0.25) is 0 Å². The van der Waals surface area contributed by atoms with Crippen molar-refractivity contribution in [1.82, 2.24) is 0 Å². The van der Waals surface area contributed by atoms with E-state index in [4.69, 9.17) is 35.6 Å². The normalized spacial score (nSPS) is 38.2. The molecule has 192 valence electrons. The Labute approximate surface area is 218 Å². The van der Waals surface area contributed by atoms with Gasteiger partial charge < -0.3 is 11.5 Å². The molecule has 4 atom stereocenters. The molecule has 2 aromatic rings. The van der Waals surface area contributed by atoms with Gasteiger partial charge in [-0.2, -0.15) is 0 Å². The first-order valence-corrected chi connectivity index (χ1v) is 18.6. The number of nitrogen functional groups attached to an aromatic ring is 2. The first-order valence-electron chi connectivity index (χ1n) is 10.3. The number of anilines is 2. The van der Waals surface area contributed by atoms with Crippen LogP contribution >= 0.6 is 0 Å². The summed E-state index contributed by atoms with van der Waals surface area (Å²) in [6.07, 6.45) is -6.06. The zero-order valence-electron chi connectivity index (χ0n) is 20.0. The molecule has 0 saturated carbocycles. The molecule has 5 fully saturated rings. The number of hydrogen-bond donors (Lipinski definition) is 2. The summed E-state index contributed by atoms with van der Waals surface area (Å²) in [5.41, 5.74) is 12.4. The fourth-order valence-corrected chi connectivity index (χ4v) is 13.9. The van der Waals surface area contributed by atoms with E-state index in [1.807, 2.05) is 60.7 Å². The van der Waals surface area contributed by atoms with Crippen LogP contribution in [0.5, 0.6) is 0 Å². The first-order chi connectivity index (χ1) is 17.2. The number of carbonyl (C=O) groups is 4. The third kappa shape index (κ3) is 4.84. The summed E-state index contributed by atoms with van der Waals surface area (Å²) in [5, 5.41) is 0. The number of rotatable bonds is 0. The molecule has 4 unspecified atom stereocenters. The van der Waals surface area contributed by atoms with E-state index >= 15 is 0 Å². The summed E-state index contributed by atoms with van der Waals surface area (Å²) < 4.78 is 41.0. The second-order valence-corrected chi connectivity index (χ2v) is 17.1. The van der Waals surface area contributed by atoms with E-state index in [0.29, 0.717) is 0 Å². The van der Waals surface area contributed by atoms with Gasteiger partial charge in [0, 0.05) is 11.4 Å². The monoisotopic (exact) mass is 722 g/mol. The number of fused-ring (bicyclic) bond motifs is 6. The van der Waals surface area contributed by atoms with Crippen molar-refractivity contribution >= 4 is 76.2 Å². The van der Waals surface area contributed by atoms with Gasteiger partial charge in [0.2, 0.25) is 0 Å². The molecule has 5 saturated heterocycles. The Hall–Kier alpha value is -2.60. The molecule has 2 aromatic carbocycles. The minimum atomic E-state index is -4.87. The molecular weight excluding hydrogens is 704 g/mol. The van der Waals surface area contributed by atoms with Crippen LogP contribution in [0.15, 0.2) is 60.7 Å². The molecular formula is C20H20N2O12Sb2. The van der Waals surface area contributed by atoms with Gasteiger partial charge in [-0.15, -0.1) is 0 Å². The molecule has 36 heavy (non-hydrogen) atoms. The van der Waals surface area contributed by atoms with Gasteiger partial charge in [-0.05, 0) is 24.3 Å². The quantitative estimate of drug-likeness (QED) is 0.259. The van der Waals surface area contributed by atoms with E-state index < -0.39 is 89.3 Å². The van der Waals surface area contributed by atoms with Gasteiger partial charge in [-0.1, -0.05) is 36.4 Å². The average Bonchev–Trinajstić information content (AvgIpc) is 3.52. The molecule has 4 N–H and O–H groups in total. The van der Waals surface area contributed by atoms with Crippen molar-refractivity contribution in [2.75, 3.05) is 11.5 Å². The van der Waals surface area contributed by atoms with Gasteiger partial charge in [-0.3, -0.25) is 0 Å². The molecule has 14 nitrogen and oxygen atoms in total. The second kappa shape index (κ2) is 9.69. The number of para-hydroxylation sites is 2. The molecule has 0 aliphatic carbocycles. The molecule has 16 heteroatoms. The average molecular weight is 724 g/mol. The number of nitrogens with two attached hydrogens (primary N) is 2. The van der Waals surface area contributed by atoms with E-state index in [1.165, 1.54) is 0 Å². The van der Waals surface area contributed by atoms with Crippen LogP contribution in [0.4, 0.5) is 11.4 Å². The summed E-state index contributed by atoms with van der Waals surface area (Å²) >= 11 is -9.74. The maximum absolute atomic E-state index is 11.9. The maximum Gasteiger partial charge on any atom is 1.00 e. The van der Waals surface area contributed by atoms with Crippen molar-refractivity contribution in [3.05, 3.63) is 60.7 Å². The zero-order valence-corrected chi connectivity index (χ0v) is 23.1. The van der Waals surface area contributed by atoms with Crippen molar-refractivity contribution in [3.63, 3.8) is 0 Å². The van der Waals surface area contributed by atoms with Crippen molar-refractivity contribution in [2.24, 2.45) is 0 Å². The van der Waals surface area contributed by atoms with E-state index in [1.54, 1.807) is 0 Å². The van der Waals surface area contributed by atoms with E-state index in [2.05, 4.69) is 0 Å². The molecule has 5 aliphatic heterocycles. The minimum Gasteiger partial charge on any atom is 1.00 e. The van der Waals surface area contributed by atoms with Crippen molar-refractivity contribution in [3.8, 4) is 0 Å². The van der Waals surface area contributed by atoms with Crippen molar-refractivity contribution < 1.29 is 46.2 Å². The molecule has 0 radical (unpaired) electrons. The van der Waals surface area contributed by atoms with Crippen LogP contribution in [0.3, 0.4) is 0 Å². The first kappa shape index (κ1) is 25.1. The Balaban J connectivity index is 0.000000208. The standard InChI is InChI=1S/2C6H7N.2C4H4O6.2Sb/c2*7-6-4-2-1-3-5-6;2*5-1(3(7)8)2(6)4(9)10;;/h2*1-5H,7H2;2*1-2H,(H,7,8)(H,9,10);;/q;;2*-2;2*+3/p-2. The number of carbonyl (C=O) groups excluding carboxylic acids is 4. The zero-order chi connectivity index (χ0) is 25.5. The third-order valence-electron chi connectivity index (χ3n) is 4.86. The Bertz CT molecular complexity index is 1060. The van der Waals surface area contributed by atoms with Gasteiger partial charge >= 0.3 is 135 Å². The molecule has 0 aromatic heterocycles. The van der Waals surface area contributed by atoms with Gasteiger partial charge in [-0.25, -0.2) is 0 Å². The van der Waals surface area contributed by atoms with Gasteiger partial charge in [0.1, 0.15) is 0 Å². The fraction of sp³-hybridized carbons (Fsp3) is 0.200. The Morgan fingerprint density at radius 1 is 0.500 bits per heavy atom. The fourth-order valence-electron chi connectivity index (χ4n) is 3.26. The summed E-state index contributed by atoms with van der Waals surface area (Å²) in [5.74, 6) is -3.86. The predicted molar refractivity (Wildman–Crippen MR) is 119 cm³/mol. The van der Waals surface area contributed by atoms with E-state index in [-0.39, 0.29) is 2.85 Å². The van der Waals surface area contributed by atoms with Crippen LogP contribution in [-0.4, -0.2) is 89.3 Å².